The molecule has 3 rings (SSSR count). The van der Waals surface area contributed by atoms with E-state index in [2.05, 4.69) is 20.5 Å². The van der Waals surface area contributed by atoms with Crippen LogP contribution in [-0.2, 0) is 0 Å². The largest absolute Gasteiger partial charge is 0.387 e. The maximum Gasteiger partial charge on any atom is 0.191 e. The van der Waals surface area contributed by atoms with Crippen LogP contribution in [0.2, 0.25) is 0 Å². The summed E-state index contributed by atoms with van der Waals surface area (Å²) < 4.78 is 13.5. The Bertz CT molecular complexity index is 606. The van der Waals surface area contributed by atoms with Crippen molar-refractivity contribution < 1.29 is 9.50 Å². The number of hydrogen-bond acceptors (Lipinski definition) is 4. The van der Waals surface area contributed by atoms with Crippen LogP contribution in [0.15, 0.2) is 29.3 Å². The average molecular weight is 367 g/mol. The molecule has 0 amide bonds. The van der Waals surface area contributed by atoms with Gasteiger partial charge in [0.2, 0.25) is 0 Å². The zero-order chi connectivity index (χ0) is 17.7. The second kappa shape index (κ2) is 8.27. The fraction of sp³-hybridized carbons (Fsp3) is 0.611. The van der Waals surface area contributed by atoms with Crippen LogP contribution in [0.4, 0.5) is 10.1 Å². The minimum absolute atomic E-state index is 0.201. The summed E-state index contributed by atoms with van der Waals surface area (Å²) in [6, 6.07) is 7.01. The SMILES string of the molecule is CN=C(NCC1(O)CCSC1)NC1CCCN(c2cccc(F)c2)C1. The van der Waals surface area contributed by atoms with E-state index in [1.165, 1.54) is 6.07 Å². The summed E-state index contributed by atoms with van der Waals surface area (Å²) in [4.78, 5) is 6.49. The van der Waals surface area contributed by atoms with Gasteiger partial charge in [-0.1, -0.05) is 6.07 Å². The second-order valence-electron chi connectivity index (χ2n) is 6.86. The number of guanidine groups is 1. The van der Waals surface area contributed by atoms with Crippen molar-refractivity contribution in [3.8, 4) is 0 Å². The molecule has 0 aromatic heterocycles. The van der Waals surface area contributed by atoms with E-state index in [0.29, 0.717) is 6.54 Å². The highest BCUT2D eigenvalue weighted by molar-refractivity contribution is 7.99. The lowest BCUT2D eigenvalue weighted by Crippen LogP contribution is -2.53. The van der Waals surface area contributed by atoms with E-state index >= 15 is 0 Å². The monoisotopic (exact) mass is 366 g/mol. The van der Waals surface area contributed by atoms with Crippen molar-refractivity contribution in [2.75, 3.05) is 43.1 Å². The van der Waals surface area contributed by atoms with E-state index < -0.39 is 5.60 Å². The van der Waals surface area contributed by atoms with Crippen molar-refractivity contribution >= 4 is 23.4 Å². The average Bonchev–Trinajstić information content (AvgIpc) is 3.06. The van der Waals surface area contributed by atoms with Gasteiger partial charge in [-0.3, -0.25) is 4.99 Å². The summed E-state index contributed by atoms with van der Waals surface area (Å²) in [5.74, 6) is 2.30. The number of aliphatic imine (C=N–C) groups is 1. The predicted octanol–water partition coefficient (Wildman–Crippen LogP) is 1.83. The van der Waals surface area contributed by atoms with Crippen LogP contribution in [0.1, 0.15) is 19.3 Å². The number of halogens is 1. The first-order valence-electron chi connectivity index (χ1n) is 8.86. The number of benzene rings is 1. The van der Waals surface area contributed by atoms with E-state index in [-0.39, 0.29) is 11.9 Å². The molecule has 1 aromatic carbocycles. The molecule has 0 radical (unpaired) electrons. The van der Waals surface area contributed by atoms with Gasteiger partial charge in [0.25, 0.3) is 0 Å². The highest BCUT2D eigenvalue weighted by Crippen LogP contribution is 2.27. The highest BCUT2D eigenvalue weighted by atomic mass is 32.2. The summed E-state index contributed by atoms with van der Waals surface area (Å²) in [5, 5.41) is 17.2. The first kappa shape index (κ1) is 18.3. The Kier molecular flexibility index (Phi) is 6.06. The number of anilines is 1. The molecule has 2 aliphatic heterocycles. The van der Waals surface area contributed by atoms with E-state index in [1.807, 2.05) is 6.07 Å². The van der Waals surface area contributed by atoms with Crippen molar-refractivity contribution in [3.05, 3.63) is 30.1 Å². The molecule has 2 fully saturated rings. The van der Waals surface area contributed by atoms with Crippen molar-refractivity contribution in [2.24, 2.45) is 4.99 Å². The van der Waals surface area contributed by atoms with Gasteiger partial charge in [-0.25, -0.2) is 4.39 Å². The Morgan fingerprint density at radius 3 is 3.12 bits per heavy atom. The Labute approximate surface area is 153 Å². The second-order valence-corrected chi connectivity index (χ2v) is 7.97. The van der Waals surface area contributed by atoms with E-state index in [1.54, 1.807) is 30.9 Å². The molecule has 0 saturated carbocycles. The fourth-order valence-corrected chi connectivity index (χ4v) is 4.67. The summed E-state index contributed by atoms with van der Waals surface area (Å²) >= 11 is 1.79. The molecule has 5 nitrogen and oxygen atoms in total. The molecule has 2 unspecified atom stereocenters. The molecule has 0 spiro atoms. The molecular formula is C18H27FN4OS. The molecular weight excluding hydrogens is 339 g/mol. The molecule has 2 aliphatic rings. The maximum absolute atomic E-state index is 13.5. The van der Waals surface area contributed by atoms with Crippen LogP contribution in [0.3, 0.4) is 0 Å². The van der Waals surface area contributed by atoms with Crippen LogP contribution < -0.4 is 15.5 Å². The Balaban J connectivity index is 1.54. The third-order valence-electron chi connectivity index (χ3n) is 4.83. The van der Waals surface area contributed by atoms with Crippen LogP contribution in [0.25, 0.3) is 0 Å². The molecule has 0 bridgehead atoms. The Morgan fingerprint density at radius 2 is 2.40 bits per heavy atom. The molecule has 138 valence electrons. The summed E-state index contributed by atoms with van der Waals surface area (Å²) in [6.07, 6.45) is 2.91. The minimum atomic E-state index is -0.636. The number of nitrogens with zero attached hydrogens (tertiary/aromatic N) is 2. The van der Waals surface area contributed by atoms with Gasteiger partial charge in [-0.15, -0.1) is 0 Å². The van der Waals surface area contributed by atoms with Gasteiger partial charge >= 0.3 is 0 Å². The zero-order valence-electron chi connectivity index (χ0n) is 14.7. The Morgan fingerprint density at radius 1 is 1.52 bits per heavy atom. The quantitative estimate of drug-likeness (QED) is 0.561. The minimum Gasteiger partial charge on any atom is -0.387 e. The van der Waals surface area contributed by atoms with Crippen LogP contribution in [-0.4, -0.2) is 60.9 Å². The number of thioether (sulfide) groups is 1. The number of piperidine rings is 1. The molecule has 25 heavy (non-hydrogen) atoms. The third-order valence-corrected chi connectivity index (χ3v) is 6.06. The first-order valence-corrected chi connectivity index (χ1v) is 10.0. The number of aliphatic hydroxyl groups is 1. The van der Waals surface area contributed by atoms with E-state index in [4.69, 9.17) is 0 Å². The smallest absolute Gasteiger partial charge is 0.191 e. The molecule has 2 saturated heterocycles. The predicted molar refractivity (Wildman–Crippen MR) is 103 cm³/mol. The van der Waals surface area contributed by atoms with Gasteiger partial charge in [0.05, 0.1) is 5.60 Å². The Hall–Kier alpha value is -1.47. The number of rotatable bonds is 4. The van der Waals surface area contributed by atoms with Crippen LogP contribution in [0, 0.1) is 5.82 Å². The van der Waals surface area contributed by atoms with Crippen LogP contribution >= 0.6 is 11.8 Å². The summed E-state index contributed by atoms with van der Waals surface area (Å²) in [6.45, 7) is 2.26. The fourth-order valence-electron chi connectivity index (χ4n) is 3.37. The normalized spacial score (nSPS) is 27.4. The van der Waals surface area contributed by atoms with Gasteiger partial charge in [0, 0.05) is 44.2 Å². The van der Waals surface area contributed by atoms with Crippen molar-refractivity contribution in [2.45, 2.75) is 30.9 Å². The topological polar surface area (TPSA) is 59.9 Å². The van der Waals surface area contributed by atoms with Crippen molar-refractivity contribution in [1.29, 1.82) is 0 Å². The number of hydrogen-bond donors (Lipinski definition) is 3. The molecule has 0 aliphatic carbocycles. The lowest BCUT2D eigenvalue weighted by molar-refractivity contribution is 0.0723. The first-order chi connectivity index (χ1) is 12.1. The van der Waals surface area contributed by atoms with E-state index in [0.717, 1.165) is 55.5 Å². The van der Waals surface area contributed by atoms with Crippen LogP contribution in [0.5, 0.6) is 0 Å². The summed E-state index contributed by atoms with van der Waals surface area (Å²) in [5.41, 5.74) is 0.286. The maximum atomic E-state index is 13.5. The molecule has 2 heterocycles. The molecule has 7 heteroatoms. The molecule has 1 aromatic rings. The third kappa shape index (κ3) is 5.01. The zero-order valence-corrected chi connectivity index (χ0v) is 15.5. The lowest BCUT2D eigenvalue weighted by Gasteiger charge is -2.35. The van der Waals surface area contributed by atoms with Gasteiger partial charge < -0.3 is 20.6 Å². The van der Waals surface area contributed by atoms with Gasteiger partial charge in [0.15, 0.2) is 5.96 Å². The van der Waals surface area contributed by atoms with Gasteiger partial charge in [-0.05, 0) is 43.2 Å². The lowest BCUT2D eigenvalue weighted by atomic mass is 10.0. The van der Waals surface area contributed by atoms with Gasteiger partial charge in [-0.2, -0.15) is 11.8 Å². The number of nitrogens with one attached hydrogen (secondary N) is 2. The van der Waals surface area contributed by atoms with Crippen molar-refractivity contribution in [3.63, 3.8) is 0 Å². The van der Waals surface area contributed by atoms with Crippen molar-refractivity contribution in [1.82, 2.24) is 10.6 Å². The molecule has 2 atom stereocenters. The van der Waals surface area contributed by atoms with E-state index in [9.17, 15) is 9.50 Å². The molecule has 3 N–H and O–H groups in total. The highest BCUT2D eigenvalue weighted by Gasteiger charge is 2.32. The summed E-state index contributed by atoms with van der Waals surface area (Å²) in [7, 11) is 1.75. The standard InChI is InChI=1S/C18H27FN4OS/c1-20-17(21-12-18(24)7-9-25-13-18)22-15-5-3-8-23(11-15)16-6-2-4-14(19)10-16/h2,4,6,10,15,24H,3,5,7-9,11-13H2,1H3,(H2,20,21,22). The van der Waals surface area contributed by atoms with Gasteiger partial charge in [0.1, 0.15) is 5.82 Å².